The first-order valence-corrected chi connectivity index (χ1v) is 8.78. The van der Waals surface area contributed by atoms with E-state index in [1.165, 1.54) is 6.08 Å². The maximum Gasteiger partial charge on any atom is 0.194 e. The predicted molar refractivity (Wildman–Crippen MR) is 106 cm³/mol. The minimum atomic E-state index is -0.112. The molecule has 4 heteroatoms. The normalized spacial score (nSPS) is 14.1. The lowest BCUT2D eigenvalue weighted by molar-refractivity contribution is -0.868. The molecule has 0 bridgehead atoms. The Morgan fingerprint density at radius 1 is 0.885 bits per heavy atom. The highest BCUT2D eigenvalue weighted by atomic mass is 16.1. The van der Waals surface area contributed by atoms with Gasteiger partial charge in [-0.25, -0.2) is 0 Å². The highest BCUT2D eigenvalue weighted by Crippen LogP contribution is 2.28. The van der Waals surface area contributed by atoms with Gasteiger partial charge < -0.3 is 9.38 Å². The van der Waals surface area contributed by atoms with Crippen LogP contribution in [-0.2, 0) is 0 Å². The number of hydrogen-bond donors (Lipinski definition) is 0. The summed E-state index contributed by atoms with van der Waals surface area (Å²) in [5.41, 5.74) is 3.31. The van der Waals surface area contributed by atoms with Gasteiger partial charge in [0.05, 0.1) is 34.2 Å². The van der Waals surface area contributed by atoms with Crippen LogP contribution in [0.2, 0.25) is 0 Å². The number of nitrogens with zero attached hydrogens (tertiary/aromatic N) is 2. The molecule has 26 heavy (non-hydrogen) atoms. The Bertz CT molecular complexity index is 874. The van der Waals surface area contributed by atoms with Crippen molar-refractivity contribution in [2.75, 3.05) is 46.2 Å². The van der Waals surface area contributed by atoms with E-state index in [9.17, 15) is 9.59 Å². The van der Waals surface area contributed by atoms with Crippen molar-refractivity contribution < 1.29 is 14.1 Å². The van der Waals surface area contributed by atoms with E-state index in [2.05, 4.69) is 33.1 Å². The Kier molecular flexibility index (Phi) is 4.79. The third-order valence-electron chi connectivity index (χ3n) is 4.68. The molecule has 0 amide bonds. The molecule has 0 atom stereocenters. The summed E-state index contributed by atoms with van der Waals surface area (Å²) in [5.74, 6) is -0.203. The molecule has 134 valence electrons. The van der Waals surface area contributed by atoms with Crippen LogP contribution in [0.15, 0.2) is 54.6 Å². The molecule has 0 N–H and O–H groups in total. The molecule has 0 saturated heterocycles. The lowest BCUT2D eigenvalue weighted by Gasteiger charge is -2.28. The van der Waals surface area contributed by atoms with Crippen molar-refractivity contribution in [1.82, 2.24) is 0 Å². The zero-order valence-corrected chi connectivity index (χ0v) is 15.8. The monoisotopic (exact) mass is 349 g/mol. The molecule has 0 radical (unpaired) electrons. The lowest BCUT2D eigenvalue weighted by Crippen LogP contribution is -2.41. The zero-order valence-electron chi connectivity index (χ0n) is 15.8. The molecule has 1 aliphatic rings. The zero-order chi connectivity index (χ0) is 18.9. The van der Waals surface area contributed by atoms with Gasteiger partial charge >= 0.3 is 0 Å². The van der Waals surface area contributed by atoms with Gasteiger partial charge in [0.25, 0.3) is 0 Å². The Hall–Kier alpha value is -2.72. The van der Waals surface area contributed by atoms with Gasteiger partial charge in [0.2, 0.25) is 0 Å². The molecule has 0 aromatic heterocycles. The first-order chi connectivity index (χ1) is 12.3. The second-order valence-electron chi connectivity index (χ2n) is 7.78. The van der Waals surface area contributed by atoms with Crippen molar-refractivity contribution in [3.8, 4) is 0 Å². The maximum atomic E-state index is 12.8. The number of ketones is 2. The summed E-state index contributed by atoms with van der Waals surface area (Å²) in [4.78, 5) is 27.3. The summed E-state index contributed by atoms with van der Waals surface area (Å²) in [7, 11) is 8.59. The topological polar surface area (TPSA) is 37.4 Å². The van der Waals surface area contributed by atoms with Crippen molar-refractivity contribution in [2.45, 2.75) is 0 Å². The van der Waals surface area contributed by atoms with E-state index >= 15 is 0 Å². The molecule has 3 rings (SSSR count). The predicted octanol–water partition coefficient (Wildman–Crippen LogP) is 3.29. The fraction of sp³-hybridized carbons (Fsp3) is 0.273. The molecular weight excluding hydrogens is 324 g/mol. The number of rotatable bonds is 5. The first kappa shape index (κ1) is 18.1. The number of allylic oxidation sites excluding steroid dienone is 2. The van der Waals surface area contributed by atoms with E-state index in [0.717, 1.165) is 28.8 Å². The Morgan fingerprint density at radius 2 is 1.50 bits per heavy atom. The summed E-state index contributed by atoms with van der Waals surface area (Å²) in [6.45, 7) is 1.98. The second-order valence-corrected chi connectivity index (χ2v) is 7.78. The molecule has 2 aromatic rings. The SMILES string of the molecule is CN(CC[N+](C)(C)C)c1ccc(C2=CC(=O)c3ccccc3C2=O)cc1. The largest absolute Gasteiger partial charge is 0.369 e. The van der Waals surface area contributed by atoms with Crippen LogP contribution in [0.1, 0.15) is 26.3 Å². The number of benzene rings is 2. The summed E-state index contributed by atoms with van der Waals surface area (Å²) in [6.07, 6.45) is 1.46. The van der Waals surface area contributed by atoms with E-state index in [4.69, 9.17) is 0 Å². The van der Waals surface area contributed by atoms with E-state index in [1.807, 2.05) is 24.3 Å². The van der Waals surface area contributed by atoms with E-state index in [1.54, 1.807) is 24.3 Å². The van der Waals surface area contributed by atoms with Crippen LogP contribution in [0.4, 0.5) is 5.69 Å². The van der Waals surface area contributed by atoms with Crippen LogP contribution in [0.3, 0.4) is 0 Å². The lowest BCUT2D eigenvalue weighted by atomic mass is 9.86. The van der Waals surface area contributed by atoms with Crippen molar-refractivity contribution in [3.05, 3.63) is 71.3 Å². The minimum Gasteiger partial charge on any atom is -0.369 e. The maximum absolute atomic E-state index is 12.8. The minimum absolute atomic E-state index is 0.0914. The van der Waals surface area contributed by atoms with Crippen LogP contribution in [0.5, 0.6) is 0 Å². The summed E-state index contributed by atoms with van der Waals surface area (Å²) in [6, 6.07) is 14.8. The number of carbonyl (C=O) groups excluding carboxylic acids is 2. The third kappa shape index (κ3) is 3.75. The summed E-state index contributed by atoms with van der Waals surface area (Å²) in [5, 5.41) is 0. The van der Waals surface area contributed by atoms with Gasteiger partial charge in [-0.1, -0.05) is 36.4 Å². The number of fused-ring (bicyclic) bond motifs is 1. The van der Waals surface area contributed by atoms with Gasteiger partial charge in [-0.2, -0.15) is 0 Å². The fourth-order valence-corrected chi connectivity index (χ4v) is 3.00. The van der Waals surface area contributed by atoms with Gasteiger partial charge in [-0.3, -0.25) is 9.59 Å². The van der Waals surface area contributed by atoms with Gasteiger partial charge in [-0.15, -0.1) is 0 Å². The number of Topliss-reactive ketones (excluding diaryl/α,β-unsaturated/α-hetero) is 1. The van der Waals surface area contributed by atoms with Gasteiger partial charge in [0, 0.05) is 29.4 Å². The molecule has 0 heterocycles. The van der Waals surface area contributed by atoms with Crippen LogP contribution in [0, 0.1) is 0 Å². The number of likely N-dealkylation sites (N-methyl/N-ethyl adjacent to an activating group) is 2. The van der Waals surface area contributed by atoms with Crippen LogP contribution in [-0.4, -0.2) is 57.3 Å². The van der Waals surface area contributed by atoms with Gasteiger partial charge in [0.1, 0.15) is 0 Å². The molecule has 0 fully saturated rings. The number of quaternary nitrogens is 1. The number of anilines is 1. The van der Waals surface area contributed by atoms with Crippen molar-refractivity contribution in [1.29, 1.82) is 0 Å². The average Bonchev–Trinajstić information content (AvgIpc) is 2.62. The van der Waals surface area contributed by atoms with Crippen LogP contribution in [0.25, 0.3) is 5.57 Å². The standard InChI is InChI=1S/C22H25N2O2/c1-23(13-14-24(2,3)4)17-11-9-16(10-12-17)20-15-21(25)18-7-5-6-8-19(18)22(20)26/h5-12,15H,13-14H2,1-4H3/q+1. The third-order valence-corrected chi connectivity index (χ3v) is 4.68. The van der Waals surface area contributed by atoms with E-state index < -0.39 is 0 Å². The quantitative estimate of drug-likeness (QED) is 0.778. The van der Waals surface area contributed by atoms with Gasteiger partial charge in [0.15, 0.2) is 11.6 Å². The van der Waals surface area contributed by atoms with Crippen molar-refractivity contribution in [3.63, 3.8) is 0 Å². The molecule has 0 unspecified atom stereocenters. The summed E-state index contributed by atoms with van der Waals surface area (Å²) < 4.78 is 0.908. The second kappa shape index (κ2) is 6.89. The first-order valence-electron chi connectivity index (χ1n) is 8.78. The highest BCUT2D eigenvalue weighted by molar-refractivity contribution is 6.38. The van der Waals surface area contributed by atoms with Gasteiger partial charge in [-0.05, 0) is 23.8 Å². The molecule has 1 aliphatic carbocycles. The van der Waals surface area contributed by atoms with E-state index in [-0.39, 0.29) is 11.6 Å². The molecule has 2 aromatic carbocycles. The molecular formula is C22H25N2O2+. The molecule has 0 saturated carbocycles. The molecule has 0 spiro atoms. The number of carbonyl (C=O) groups is 2. The highest BCUT2D eigenvalue weighted by Gasteiger charge is 2.25. The number of hydrogen-bond acceptors (Lipinski definition) is 3. The Balaban J connectivity index is 1.81. The summed E-state index contributed by atoms with van der Waals surface area (Å²) >= 11 is 0. The Labute approximate surface area is 154 Å². The molecule has 4 nitrogen and oxygen atoms in total. The smallest absolute Gasteiger partial charge is 0.194 e. The van der Waals surface area contributed by atoms with Crippen LogP contribution < -0.4 is 4.90 Å². The fourth-order valence-electron chi connectivity index (χ4n) is 3.00. The molecule has 0 aliphatic heterocycles. The average molecular weight is 349 g/mol. The van der Waals surface area contributed by atoms with E-state index in [0.29, 0.717) is 16.7 Å². The van der Waals surface area contributed by atoms with Crippen molar-refractivity contribution in [2.24, 2.45) is 0 Å². The van der Waals surface area contributed by atoms with Crippen molar-refractivity contribution >= 4 is 22.8 Å². The van der Waals surface area contributed by atoms with Crippen LogP contribution >= 0.6 is 0 Å². The Morgan fingerprint density at radius 3 is 2.12 bits per heavy atom.